The third-order valence-corrected chi connectivity index (χ3v) is 4.66. The SMILES string of the molecule is Cc1c(F)cc(N)cc1S(=O)(=O)N(CCO)CCO. The second-order valence-corrected chi connectivity index (χ2v) is 5.88. The van der Waals surface area contributed by atoms with Crippen molar-refractivity contribution in [3.05, 3.63) is 23.5 Å². The summed E-state index contributed by atoms with van der Waals surface area (Å²) in [6, 6.07) is 2.20. The lowest BCUT2D eigenvalue weighted by atomic mass is 10.2. The van der Waals surface area contributed by atoms with Crippen molar-refractivity contribution in [1.82, 2.24) is 4.31 Å². The summed E-state index contributed by atoms with van der Waals surface area (Å²) in [6.07, 6.45) is 0. The predicted molar refractivity (Wildman–Crippen MR) is 68.5 cm³/mol. The number of nitrogens with two attached hydrogens (primary N) is 1. The molecule has 0 bridgehead atoms. The summed E-state index contributed by atoms with van der Waals surface area (Å²) in [5.74, 6) is -0.716. The second kappa shape index (κ2) is 6.29. The number of benzene rings is 1. The van der Waals surface area contributed by atoms with Gasteiger partial charge >= 0.3 is 0 Å². The van der Waals surface area contributed by atoms with Crippen LogP contribution in [0.1, 0.15) is 5.56 Å². The van der Waals surface area contributed by atoms with E-state index >= 15 is 0 Å². The Morgan fingerprint density at radius 1 is 1.26 bits per heavy atom. The molecule has 0 heterocycles. The standard InChI is InChI=1S/C11H17FN2O4S/c1-8-10(12)6-9(13)7-11(8)19(17,18)14(2-4-15)3-5-16/h6-7,15-16H,2-5,13H2,1H3. The molecule has 19 heavy (non-hydrogen) atoms. The van der Waals surface area contributed by atoms with Crippen LogP contribution in [0.3, 0.4) is 0 Å². The van der Waals surface area contributed by atoms with Gasteiger partial charge in [-0.05, 0) is 19.1 Å². The van der Waals surface area contributed by atoms with Crippen LogP contribution in [0.15, 0.2) is 17.0 Å². The second-order valence-electron chi connectivity index (χ2n) is 3.98. The Morgan fingerprint density at radius 3 is 2.26 bits per heavy atom. The van der Waals surface area contributed by atoms with E-state index in [9.17, 15) is 12.8 Å². The van der Waals surface area contributed by atoms with E-state index in [0.29, 0.717) is 0 Å². The van der Waals surface area contributed by atoms with Gasteiger partial charge in [-0.2, -0.15) is 4.31 Å². The Bertz CT molecular complexity index is 542. The number of sulfonamides is 1. The van der Waals surface area contributed by atoms with Crippen molar-refractivity contribution in [3.8, 4) is 0 Å². The van der Waals surface area contributed by atoms with E-state index in [0.717, 1.165) is 16.4 Å². The average Bonchev–Trinajstić information content (AvgIpc) is 2.33. The van der Waals surface area contributed by atoms with E-state index in [-0.39, 0.29) is 29.2 Å². The number of anilines is 1. The zero-order chi connectivity index (χ0) is 14.6. The molecule has 6 nitrogen and oxygen atoms in total. The molecule has 1 aromatic carbocycles. The molecule has 0 radical (unpaired) electrons. The number of aliphatic hydroxyl groups excluding tert-OH is 2. The van der Waals surface area contributed by atoms with Crippen LogP contribution in [0.5, 0.6) is 0 Å². The van der Waals surface area contributed by atoms with Crippen LogP contribution < -0.4 is 5.73 Å². The van der Waals surface area contributed by atoms with Gasteiger partial charge in [0.25, 0.3) is 0 Å². The van der Waals surface area contributed by atoms with E-state index in [1.165, 1.54) is 6.92 Å². The van der Waals surface area contributed by atoms with Crippen molar-refractivity contribution in [1.29, 1.82) is 0 Å². The number of halogens is 1. The van der Waals surface area contributed by atoms with Gasteiger partial charge < -0.3 is 15.9 Å². The zero-order valence-electron chi connectivity index (χ0n) is 10.5. The molecule has 0 fully saturated rings. The molecule has 0 saturated carbocycles. The molecule has 0 unspecified atom stereocenters. The van der Waals surface area contributed by atoms with Gasteiger partial charge in [-0.15, -0.1) is 0 Å². The fraction of sp³-hybridized carbons (Fsp3) is 0.455. The predicted octanol–water partition coefficient (Wildman–Crippen LogP) is -0.308. The summed E-state index contributed by atoms with van der Waals surface area (Å²) in [5, 5.41) is 17.7. The van der Waals surface area contributed by atoms with Crippen molar-refractivity contribution in [3.63, 3.8) is 0 Å². The van der Waals surface area contributed by atoms with Crippen LogP contribution in [0.25, 0.3) is 0 Å². The van der Waals surface area contributed by atoms with Gasteiger partial charge in [0.15, 0.2) is 0 Å². The molecule has 4 N–H and O–H groups in total. The molecule has 0 saturated heterocycles. The van der Waals surface area contributed by atoms with Gasteiger partial charge in [-0.25, -0.2) is 12.8 Å². The van der Waals surface area contributed by atoms with Gasteiger partial charge in [0, 0.05) is 24.3 Å². The Morgan fingerprint density at radius 2 is 1.79 bits per heavy atom. The summed E-state index contributed by atoms with van der Waals surface area (Å²) >= 11 is 0. The first-order chi connectivity index (χ1) is 8.84. The quantitative estimate of drug-likeness (QED) is 0.624. The molecule has 0 spiro atoms. The van der Waals surface area contributed by atoms with E-state index < -0.39 is 29.1 Å². The van der Waals surface area contributed by atoms with E-state index in [1.807, 2.05) is 0 Å². The molecular formula is C11H17FN2O4S. The highest BCUT2D eigenvalue weighted by atomic mass is 32.2. The Balaban J connectivity index is 3.32. The molecule has 0 aromatic heterocycles. The lowest BCUT2D eigenvalue weighted by Gasteiger charge is -2.21. The van der Waals surface area contributed by atoms with Gasteiger partial charge in [0.05, 0.1) is 18.1 Å². The van der Waals surface area contributed by atoms with E-state index in [2.05, 4.69) is 0 Å². The highest BCUT2D eigenvalue weighted by Gasteiger charge is 2.26. The molecular weight excluding hydrogens is 275 g/mol. The average molecular weight is 292 g/mol. The summed E-state index contributed by atoms with van der Waals surface area (Å²) in [5.41, 5.74) is 5.40. The summed E-state index contributed by atoms with van der Waals surface area (Å²) < 4.78 is 39.1. The maximum Gasteiger partial charge on any atom is 0.243 e. The highest BCUT2D eigenvalue weighted by Crippen LogP contribution is 2.24. The lowest BCUT2D eigenvalue weighted by Crippen LogP contribution is -2.36. The molecule has 1 aromatic rings. The molecule has 8 heteroatoms. The van der Waals surface area contributed by atoms with Crippen molar-refractivity contribution in [2.24, 2.45) is 0 Å². The first-order valence-corrected chi connectivity index (χ1v) is 7.06. The monoisotopic (exact) mass is 292 g/mol. The summed E-state index contributed by atoms with van der Waals surface area (Å²) in [7, 11) is -4.01. The minimum Gasteiger partial charge on any atom is -0.399 e. The van der Waals surface area contributed by atoms with Crippen LogP contribution in [-0.4, -0.2) is 49.2 Å². The number of nitrogen functional groups attached to an aromatic ring is 1. The van der Waals surface area contributed by atoms with Crippen molar-refractivity contribution in [2.75, 3.05) is 32.0 Å². The molecule has 0 aliphatic rings. The van der Waals surface area contributed by atoms with E-state index in [1.54, 1.807) is 0 Å². The number of hydrogen-bond donors (Lipinski definition) is 3. The fourth-order valence-electron chi connectivity index (χ4n) is 1.66. The number of rotatable bonds is 6. The van der Waals surface area contributed by atoms with Crippen LogP contribution in [-0.2, 0) is 10.0 Å². The maximum absolute atomic E-state index is 13.5. The van der Waals surface area contributed by atoms with Crippen molar-refractivity contribution in [2.45, 2.75) is 11.8 Å². The van der Waals surface area contributed by atoms with Gasteiger partial charge in [0.2, 0.25) is 10.0 Å². The normalized spacial score (nSPS) is 12.1. The number of nitrogens with zero attached hydrogens (tertiary/aromatic N) is 1. The fourth-order valence-corrected chi connectivity index (χ4v) is 3.35. The summed E-state index contributed by atoms with van der Waals surface area (Å²) in [4.78, 5) is -0.257. The molecule has 0 amide bonds. The smallest absolute Gasteiger partial charge is 0.243 e. The van der Waals surface area contributed by atoms with Crippen LogP contribution in [0, 0.1) is 12.7 Å². The van der Waals surface area contributed by atoms with Crippen LogP contribution in [0.4, 0.5) is 10.1 Å². The third-order valence-electron chi connectivity index (χ3n) is 2.64. The Kier molecular flexibility index (Phi) is 5.24. The largest absolute Gasteiger partial charge is 0.399 e. The molecule has 0 atom stereocenters. The number of hydrogen-bond acceptors (Lipinski definition) is 5. The molecule has 1 rings (SSSR count). The zero-order valence-corrected chi connectivity index (χ0v) is 11.3. The highest BCUT2D eigenvalue weighted by molar-refractivity contribution is 7.89. The third kappa shape index (κ3) is 3.41. The van der Waals surface area contributed by atoms with Crippen molar-refractivity contribution >= 4 is 15.7 Å². The van der Waals surface area contributed by atoms with Crippen molar-refractivity contribution < 1.29 is 23.0 Å². The lowest BCUT2D eigenvalue weighted by molar-refractivity contribution is 0.217. The molecule has 0 aliphatic carbocycles. The van der Waals surface area contributed by atoms with Gasteiger partial charge in [-0.3, -0.25) is 0 Å². The molecule has 108 valence electrons. The Hall–Kier alpha value is -1.22. The maximum atomic E-state index is 13.5. The Labute approximate surface area is 111 Å². The molecule has 0 aliphatic heterocycles. The van der Waals surface area contributed by atoms with Crippen LogP contribution >= 0.6 is 0 Å². The van der Waals surface area contributed by atoms with Gasteiger partial charge in [0.1, 0.15) is 5.82 Å². The van der Waals surface area contributed by atoms with E-state index in [4.69, 9.17) is 15.9 Å². The minimum absolute atomic E-state index is 0.00498. The first kappa shape index (κ1) is 15.8. The minimum atomic E-state index is -4.01. The first-order valence-electron chi connectivity index (χ1n) is 5.62. The number of aliphatic hydroxyl groups is 2. The topological polar surface area (TPSA) is 104 Å². The van der Waals surface area contributed by atoms with Crippen LogP contribution in [0.2, 0.25) is 0 Å². The van der Waals surface area contributed by atoms with Gasteiger partial charge in [-0.1, -0.05) is 0 Å². The summed E-state index contributed by atoms with van der Waals surface area (Å²) in [6.45, 7) is 0.168.